The summed E-state index contributed by atoms with van der Waals surface area (Å²) in [6.45, 7) is 5.88. The summed E-state index contributed by atoms with van der Waals surface area (Å²) in [5, 5.41) is 10.0. The third-order valence-electron chi connectivity index (χ3n) is 5.17. The summed E-state index contributed by atoms with van der Waals surface area (Å²) in [6.07, 6.45) is 3.38. The SMILES string of the molecule is CCOc1ccc(CC(=O)N2CCN([C@H]3CCC[C@H]3O)CC2)cc1. The van der Waals surface area contributed by atoms with E-state index in [4.69, 9.17) is 4.74 Å². The van der Waals surface area contributed by atoms with Gasteiger partial charge in [-0.2, -0.15) is 0 Å². The molecule has 5 heteroatoms. The Hall–Kier alpha value is -1.59. The average molecular weight is 332 g/mol. The maximum Gasteiger partial charge on any atom is 0.227 e. The highest BCUT2D eigenvalue weighted by Crippen LogP contribution is 2.25. The number of amides is 1. The van der Waals surface area contributed by atoms with Crippen LogP contribution in [0.4, 0.5) is 0 Å². The van der Waals surface area contributed by atoms with E-state index in [-0.39, 0.29) is 12.0 Å². The van der Waals surface area contributed by atoms with Crippen molar-refractivity contribution in [2.75, 3.05) is 32.8 Å². The Morgan fingerprint density at radius 1 is 1.17 bits per heavy atom. The van der Waals surface area contributed by atoms with Crippen LogP contribution >= 0.6 is 0 Å². The lowest BCUT2D eigenvalue weighted by molar-refractivity contribution is -0.132. The topological polar surface area (TPSA) is 53.0 Å². The molecular weight excluding hydrogens is 304 g/mol. The van der Waals surface area contributed by atoms with Crippen molar-refractivity contribution in [3.63, 3.8) is 0 Å². The van der Waals surface area contributed by atoms with Crippen LogP contribution in [-0.4, -0.2) is 65.7 Å². The number of carbonyl (C=O) groups excluding carboxylic acids is 1. The van der Waals surface area contributed by atoms with E-state index in [0.717, 1.165) is 56.8 Å². The lowest BCUT2D eigenvalue weighted by Gasteiger charge is -2.39. The predicted molar refractivity (Wildman–Crippen MR) is 93.1 cm³/mol. The Kier molecular flexibility index (Phi) is 5.74. The van der Waals surface area contributed by atoms with Gasteiger partial charge >= 0.3 is 0 Å². The van der Waals surface area contributed by atoms with Crippen LogP contribution in [0, 0.1) is 0 Å². The van der Waals surface area contributed by atoms with Gasteiger partial charge in [0, 0.05) is 32.2 Å². The number of benzene rings is 1. The van der Waals surface area contributed by atoms with Crippen molar-refractivity contribution in [3.8, 4) is 5.75 Å². The van der Waals surface area contributed by atoms with Crippen LogP contribution in [0.3, 0.4) is 0 Å². The highest BCUT2D eigenvalue weighted by Gasteiger charge is 2.33. The zero-order valence-electron chi connectivity index (χ0n) is 14.5. The molecule has 3 rings (SSSR count). The molecule has 1 amide bonds. The first-order valence-corrected chi connectivity index (χ1v) is 9.09. The van der Waals surface area contributed by atoms with Gasteiger partial charge in [0.1, 0.15) is 5.75 Å². The summed E-state index contributed by atoms with van der Waals surface area (Å²) < 4.78 is 5.43. The second-order valence-corrected chi connectivity index (χ2v) is 6.74. The van der Waals surface area contributed by atoms with Gasteiger partial charge in [0.2, 0.25) is 5.91 Å². The van der Waals surface area contributed by atoms with Crippen LogP contribution in [-0.2, 0) is 11.2 Å². The fourth-order valence-corrected chi connectivity index (χ4v) is 3.81. The van der Waals surface area contributed by atoms with Gasteiger partial charge in [-0.15, -0.1) is 0 Å². The van der Waals surface area contributed by atoms with Gasteiger partial charge in [-0.05, 0) is 43.9 Å². The van der Waals surface area contributed by atoms with Crippen molar-refractivity contribution < 1.29 is 14.6 Å². The molecule has 1 aliphatic heterocycles. The predicted octanol–water partition coefficient (Wildman–Crippen LogP) is 1.69. The third-order valence-corrected chi connectivity index (χ3v) is 5.17. The molecule has 132 valence electrons. The first-order chi connectivity index (χ1) is 11.7. The lowest BCUT2D eigenvalue weighted by atomic mass is 10.1. The Balaban J connectivity index is 1.48. The van der Waals surface area contributed by atoms with Crippen molar-refractivity contribution in [1.29, 1.82) is 0 Å². The first kappa shape index (κ1) is 17.2. The fraction of sp³-hybridized carbons (Fsp3) is 0.632. The molecule has 24 heavy (non-hydrogen) atoms. The molecule has 1 aromatic carbocycles. The Labute approximate surface area is 144 Å². The number of aliphatic hydroxyl groups is 1. The van der Waals surface area contributed by atoms with Crippen LogP contribution in [0.5, 0.6) is 5.75 Å². The van der Waals surface area contributed by atoms with Crippen LogP contribution in [0.15, 0.2) is 24.3 Å². The number of hydrogen-bond acceptors (Lipinski definition) is 4. The van der Waals surface area contributed by atoms with Crippen LogP contribution < -0.4 is 4.74 Å². The molecule has 2 fully saturated rings. The van der Waals surface area contributed by atoms with E-state index in [2.05, 4.69) is 4.90 Å². The number of aliphatic hydroxyl groups excluding tert-OH is 1. The second kappa shape index (κ2) is 7.99. The molecule has 0 aromatic heterocycles. The third kappa shape index (κ3) is 4.08. The average Bonchev–Trinajstić information content (AvgIpc) is 3.03. The summed E-state index contributed by atoms with van der Waals surface area (Å²) in [5.74, 6) is 1.03. The van der Waals surface area contributed by atoms with E-state index in [1.54, 1.807) is 0 Å². The molecule has 1 N–H and O–H groups in total. The molecule has 0 unspecified atom stereocenters. The van der Waals surface area contributed by atoms with Gasteiger partial charge < -0.3 is 14.7 Å². The molecular formula is C19H28N2O3. The molecule has 1 aliphatic carbocycles. The summed E-state index contributed by atoms with van der Waals surface area (Å²) in [4.78, 5) is 16.8. The molecule has 2 aliphatic rings. The molecule has 0 radical (unpaired) electrons. The van der Waals surface area contributed by atoms with Crippen molar-refractivity contribution in [2.45, 2.75) is 44.8 Å². The molecule has 0 bridgehead atoms. The van der Waals surface area contributed by atoms with Crippen molar-refractivity contribution in [2.24, 2.45) is 0 Å². The van der Waals surface area contributed by atoms with E-state index in [0.29, 0.717) is 19.1 Å². The van der Waals surface area contributed by atoms with Crippen molar-refractivity contribution in [3.05, 3.63) is 29.8 Å². The summed E-state index contributed by atoms with van der Waals surface area (Å²) in [6, 6.07) is 8.08. The zero-order chi connectivity index (χ0) is 16.9. The van der Waals surface area contributed by atoms with E-state index in [9.17, 15) is 9.90 Å². The molecule has 2 atom stereocenters. The molecule has 1 aromatic rings. The normalized spacial score (nSPS) is 25.0. The van der Waals surface area contributed by atoms with Crippen LogP contribution in [0.25, 0.3) is 0 Å². The second-order valence-electron chi connectivity index (χ2n) is 6.74. The maximum absolute atomic E-state index is 12.5. The Morgan fingerprint density at radius 3 is 2.46 bits per heavy atom. The standard InChI is InChI=1S/C19H28N2O3/c1-2-24-16-8-6-15(7-9-16)14-19(23)21-12-10-20(11-13-21)17-4-3-5-18(17)22/h6-9,17-18,22H,2-5,10-14H2,1H3/t17-,18+/m0/s1. The van der Waals surface area contributed by atoms with Crippen LogP contribution in [0.1, 0.15) is 31.7 Å². The lowest BCUT2D eigenvalue weighted by Crippen LogP contribution is -2.53. The fourth-order valence-electron chi connectivity index (χ4n) is 3.81. The minimum atomic E-state index is -0.184. The number of nitrogens with zero attached hydrogens (tertiary/aromatic N) is 2. The van der Waals surface area contributed by atoms with E-state index in [1.807, 2.05) is 36.1 Å². The minimum Gasteiger partial charge on any atom is -0.494 e. The molecule has 1 saturated carbocycles. The smallest absolute Gasteiger partial charge is 0.227 e. The Morgan fingerprint density at radius 2 is 1.88 bits per heavy atom. The highest BCUT2D eigenvalue weighted by atomic mass is 16.5. The first-order valence-electron chi connectivity index (χ1n) is 9.09. The van der Waals surface area contributed by atoms with Crippen LogP contribution in [0.2, 0.25) is 0 Å². The van der Waals surface area contributed by atoms with E-state index < -0.39 is 0 Å². The number of piperazine rings is 1. The van der Waals surface area contributed by atoms with Gasteiger partial charge in [0.15, 0.2) is 0 Å². The number of ether oxygens (including phenoxy) is 1. The summed E-state index contributed by atoms with van der Waals surface area (Å²) in [5.41, 5.74) is 1.03. The maximum atomic E-state index is 12.5. The van der Waals surface area contributed by atoms with E-state index in [1.165, 1.54) is 0 Å². The van der Waals surface area contributed by atoms with Gasteiger partial charge in [-0.25, -0.2) is 0 Å². The van der Waals surface area contributed by atoms with Gasteiger partial charge in [-0.1, -0.05) is 12.1 Å². The van der Waals surface area contributed by atoms with Crippen molar-refractivity contribution >= 4 is 5.91 Å². The van der Waals surface area contributed by atoms with Gasteiger partial charge in [0.25, 0.3) is 0 Å². The number of hydrogen-bond donors (Lipinski definition) is 1. The zero-order valence-corrected chi connectivity index (χ0v) is 14.5. The highest BCUT2D eigenvalue weighted by molar-refractivity contribution is 5.79. The molecule has 0 spiro atoms. The molecule has 1 saturated heterocycles. The molecule has 1 heterocycles. The van der Waals surface area contributed by atoms with Gasteiger partial charge in [-0.3, -0.25) is 9.69 Å². The summed E-state index contributed by atoms with van der Waals surface area (Å²) in [7, 11) is 0. The monoisotopic (exact) mass is 332 g/mol. The largest absolute Gasteiger partial charge is 0.494 e. The van der Waals surface area contributed by atoms with Gasteiger partial charge in [0.05, 0.1) is 19.1 Å². The quantitative estimate of drug-likeness (QED) is 0.891. The Bertz CT molecular complexity index is 538. The number of carbonyl (C=O) groups is 1. The molecule has 5 nitrogen and oxygen atoms in total. The minimum absolute atomic E-state index is 0.184. The number of rotatable bonds is 5. The van der Waals surface area contributed by atoms with Crippen molar-refractivity contribution in [1.82, 2.24) is 9.80 Å². The summed E-state index contributed by atoms with van der Waals surface area (Å²) >= 11 is 0. The van der Waals surface area contributed by atoms with E-state index >= 15 is 0 Å².